The molecular weight excluding hydrogens is 436 g/mol. The van der Waals surface area contributed by atoms with E-state index in [1.807, 2.05) is 6.08 Å². The molecule has 0 bridgehead atoms. The topological polar surface area (TPSA) is 125 Å². The Hall–Kier alpha value is -3.30. The van der Waals surface area contributed by atoms with Crippen molar-refractivity contribution in [3.63, 3.8) is 0 Å². The SMILES string of the molecule is C=[C+]C(=O)c1ccc(S(=O)(=O)NC2C=C(Sc3ncn[nH]3)C(O)=C3C=CC=CC32)cc1. The number of benzene rings is 1. The molecule has 2 aliphatic rings. The first kappa shape index (κ1) is 21.0. The lowest BCUT2D eigenvalue weighted by molar-refractivity contribution is 0.103. The van der Waals surface area contributed by atoms with Gasteiger partial charge in [-0.2, -0.15) is 5.10 Å². The van der Waals surface area contributed by atoms with Crippen LogP contribution in [0.3, 0.4) is 0 Å². The number of allylic oxidation sites excluding steroid dienone is 4. The minimum absolute atomic E-state index is 0.0154. The average Bonchev–Trinajstić information content (AvgIpc) is 3.29. The third-order valence-electron chi connectivity index (χ3n) is 4.77. The minimum Gasteiger partial charge on any atom is -0.506 e. The van der Waals surface area contributed by atoms with E-state index in [-0.39, 0.29) is 16.6 Å². The molecule has 2 aromatic rings. The predicted molar refractivity (Wildman–Crippen MR) is 115 cm³/mol. The van der Waals surface area contributed by atoms with Gasteiger partial charge in [-0.15, -0.1) is 0 Å². The molecule has 31 heavy (non-hydrogen) atoms. The highest BCUT2D eigenvalue weighted by molar-refractivity contribution is 8.03. The van der Waals surface area contributed by atoms with Crippen molar-refractivity contribution >= 4 is 27.6 Å². The molecule has 8 nitrogen and oxygen atoms in total. The molecule has 0 radical (unpaired) electrons. The van der Waals surface area contributed by atoms with E-state index < -0.39 is 21.8 Å². The Morgan fingerprint density at radius 3 is 2.71 bits per heavy atom. The van der Waals surface area contributed by atoms with E-state index in [0.29, 0.717) is 21.2 Å². The van der Waals surface area contributed by atoms with Gasteiger partial charge in [-0.25, -0.2) is 22.9 Å². The third kappa shape index (κ3) is 4.28. The highest BCUT2D eigenvalue weighted by atomic mass is 32.2. The molecule has 2 unspecified atom stereocenters. The van der Waals surface area contributed by atoms with E-state index in [1.54, 1.807) is 24.3 Å². The Labute approximate surface area is 183 Å². The number of aromatic nitrogens is 3. The van der Waals surface area contributed by atoms with Crippen molar-refractivity contribution in [2.75, 3.05) is 0 Å². The first-order valence-electron chi connectivity index (χ1n) is 9.12. The Kier molecular flexibility index (Phi) is 5.71. The number of rotatable bonds is 7. The highest BCUT2D eigenvalue weighted by Gasteiger charge is 2.34. The van der Waals surface area contributed by atoms with Crippen LogP contribution in [0.1, 0.15) is 10.4 Å². The summed E-state index contributed by atoms with van der Waals surface area (Å²) in [4.78, 5) is 16.2. The van der Waals surface area contributed by atoms with Crippen LogP contribution in [0, 0.1) is 12.0 Å². The summed E-state index contributed by atoms with van der Waals surface area (Å²) in [6, 6.07) is 4.89. The van der Waals surface area contributed by atoms with Crippen LogP contribution in [0.25, 0.3) is 0 Å². The van der Waals surface area contributed by atoms with Crippen molar-refractivity contribution < 1.29 is 18.3 Å². The quantitative estimate of drug-likeness (QED) is 0.334. The van der Waals surface area contributed by atoms with Gasteiger partial charge in [-0.1, -0.05) is 24.3 Å². The lowest BCUT2D eigenvalue weighted by atomic mass is 9.84. The molecule has 4 rings (SSSR count). The van der Waals surface area contributed by atoms with Gasteiger partial charge in [0.1, 0.15) is 18.2 Å². The number of hydrogen-bond acceptors (Lipinski definition) is 7. The van der Waals surface area contributed by atoms with E-state index in [0.717, 1.165) is 11.8 Å². The number of aliphatic hydroxyl groups excluding tert-OH is 1. The zero-order valence-corrected chi connectivity index (χ0v) is 17.7. The number of carbonyl (C=O) groups excluding carboxylic acids is 1. The van der Waals surface area contributed by atoms with Crippen molar-refractivity contribution in [2.24, 2.45) is 5.92 Å². The Morgan fingerprint density at radius 1 is 1.26 bits per heavy atom. The number of carbonyl (C=O) groups is 1. The van der Waals surface area contributed by atoms with Crippen molar-refractivity contribution in [3.8, 4) is 0 Å². The molecule has 1 heterocycles. The molecule has 1 aromatic carbocycles. The molecule has 0 spiro atoms. The van der Waals surface area contributed by atoms with Crippen molar-refractivity contribution in [2.45, 2.75) is 16.1 Å². The number of aliphatic hydroxyl groups is 1. The van der Waals surface area contributed by atoms with Gasteiger partial charge in [0.2, 0.25) is 10.0 Å². The van der Waals surface area contributed by atoms with Gasteiger partial charge in [0.15, 0.2) is 10.7 Å². The number of ketones is 1. The predicted octanol–water partition coefficient (Wildman–Crippen LogP) is 2.87. The molecule has 1 aromatic heterocycles. The summed E-state index contributed by atoms with van der Waals surface area (Å²) in [5, 5.41) is 17.7. The molecule has 0 saturated carbocycles. The zero-order valence-electron chi connectivity index (χ0n) is 16.0. The number of hydrogen-bond donors (Lipinski definition) is 3. The fourth-order valence-electron chi connectivity index (χ4n) is 3.27. The normalized spacial score (nSPS) is 20.2. The van der Waals surface area contributed by atoms with Gasteiger partial charge in [0, 0.05) is 23.6 Å². The van der Waals surface area contributed by atoms with Gasteiger partial charge in [0.05, 0.1) is 22.4 Å². The molecule has 156 valence electrons. The second-order valence-corrected chi connectivity index (χ2v) is 9.42. The first-order chi connectivity index (χ1) is 14.9. The number of sulfonamides is 1. The molecular formula is C21H17N4O4S2+. The fraction of sp³-hybridized carbons (Fsp3) is 0.0952. The fourth-order valence-corrected chi connectivity index (χ4v) is 5.31. The van der Waals surface area contributed by atoms with Crippen LogP contribution in [-0.2, 0) is 10.0 Å². The van der Waals surface area contributed by atoms with Crippen LogP contribution in [0.5, 0.6) is 0 Å². The monoisotopic (exact) mass is 453 g/mol. The molecule has 3 N–H and O–H groups in total. The second kappa shape index (κ2) is 8.44. The summed E-state index contributed by atoms with van der Waals surface area (Å²) in [6.07, 6.45) is 12.4. The van der Waals surface area contributed by atoms with Crippen LogP contribution in [0.2, 0.25) is 0 Å². The molecule has 10 heteroatoms. The van der Waals surface area contributed by atoms with E-state index in [1.165, 1.54) is 30.6 Å². The van der Waals surface area contributed by atoms with E-state index in [9.17, 15) is 18.3 Å². The van der Waals surface area contributed by atoms with E-state index in [4.69, 9.17) is 0 Å². The summed E-state index contributed by atoms with van der Waals surface area (Å²) < 4.78 is 28.7. The van der Waals surface area contributed by atoms with Crippen LogP contribution in [0.4, 0.5) is 0 Å². The summed E-state index contributed by atoms with van der Waals surface area (Å²) in [7, 11) is -3.91. The summed E-state index contributed by atoms with van der Waals surface area (Å²) >= 11 is 1.15. The maximum absolute atomic E-state index is 13.0. The molecule has 0 aliphatic heterocycles. The summed E-state index contributed by atoms with van der Waals surface area (Å²) in [6.45, 7) is 3.30. The molecule has 2 atom stereocenters. The van der Waals surface area contributed by atoms with Gasteiger partial charge in [-0.05, 0) is 30.0 Å². The van der Waals surface area contributed by atoms with Gasteiger partial charge in [-0.3, -0.25) is 5.10 Å². The van der Waals surface area contributed by atoms with Gasteiger partial charge >= 0.3 is 5.78 Å². The number of fused-ring (bicyclic) bond motifs is 1. The summed E-state index contributed by atoms with van der Waals surface area (Å²) in [5.41, 5.74) is 0.898. The number of nitrogens with zero attached hydrogens (tertiary/aromatic N) is 2. The molecule has 0 fully saturated rings. The zero-order chi connectivity index (χ0) is 22.0. The van der Waals surface area contributed by atoms with E-state index in [2.05, 4.69) is 32.6 Å². The van der Waals surface area contributed by atoms with Gasteiger partial charge in [0.25, 0.3) is 0 Å². The minimum atomic E-state index is -3.91. The standard InChI is InChI=1S/C21H16N4O4S2/c1-2-18(26)13-7-9-14(10-8-13)31(28,29)25-17-11-19(30-21-22-12-23-24-21)20(27)16-6-4-3-5-15(16)17/h3-12,15,17,25H,1H2,(H-,22,23,24,27)/p+1. The third-order valence-corrected chi connectivity index (χ3v) is 7.18. The Balaban J connectivity index is 1.64. The maximum atomic E-state index is 13.0. The lowest BCUT2D eigenvalue weighted by Crippen LogP contribution is -2.41. The Bertz CT molecular complexity index is 1240. The largest absolute Gasteiger partial charge is 0.506 e. The molecule has 2 aliphatic carbocycles. The van der Waals surface area contributed by atoms with Crippen molar-refractivity contribution in [3.05, 3.63) is 95.4 Å². The number of nitrogens with one attached hydrogen (secondary N) is 2. The number of aromatic amines is 1. The lowest BCUT2D eigenvalue weighted by Gasteiger charge is -2.31. The number of H-pyrrole nitrogens is 1. The van der Waals surface area contributed by atoms with Crippen molar-refractivity contribution in [1.29, 1.82) is 0 Å². The van der Waals surface area contributed by atoms with Crippen molar-refractivity contribution in [1.82, 2.24) is 19.9 Å². The molecule has 0 amide bonds. The smallest absolute Gasteiger partial charge is 0.401 e. The summed E-state index contributed by atoms with van der Waals surface area (Å²) in [5.74, 6) is -0.730. The number of Topliss-reactive ketones (excluding diaryl/α,β-unsaturated/α-hetero) is 1. The maximum Gasteiger partial charge on any atom is 0.401 e. The molecule has 0 saturated heterocycles. The first-order valence-corrected chi connectivity index (χ1v) is 11.4. The van der Waals surface area contributed by atoms with Gasteiger partial charge < -0.3 is 5.11 Å². The van der Waals surface area contributed by atoms with Crippen LogP contribution < -0.4 is 4.72 Å². The second-order valence-electron chi connectivity index (χ2n) is 6.67. The highest BCUT2D eigenvalue weighted by Crippen LogP contribution is 2.39. The average molecular weight is 454 g/mol. The number of thioether (sulfide) groups is 1. The van der Waals surface area contributed by atoms with Crippen LogP contribution in [0.15, 0.2) is 93.8 Å². The van der Waals surface area contributed by atoms with Crippen LogP contribution in [-0.4, -0.2) is 40.5 Å². The Morgan fingerprint density at radius 2 is 2.03 bits per heavy atom. The van der Waals surface area contributed by atoms with E-state index >= 15 is 0 Å². The van der Waals surface area contributed by atoms with Crippen LogP contribution >= 0.6 is 11.8 Å².